The van der Waals surface area contributed by atoms with Crippen molar-refractivity contribution in [1.82, 2.24) is 9.78 Å². The molecule has 0 saturated heterocycles. The van der Waals surface area contributed by atoms with Gasteiger partial charge in [-0.1, -0.05) is 18.7 Å². The molecule has 4 nitrogen and oxygen atoms in total. The summed E-state index contributed by atoms with van der Waals surface area (Å²) in [6.45, 7) is 3.08. The molecular formula is C13H15N3OS. The molecular weight excluding hydrogens is 246 g/mol. The fourth-order valence-corrected chi connectivity index (χ4v) is 2.39. The maximum Gasteiger partial charge on any atom is 0.211 e. The van der Waals surface area contributed by atoms with Crippen molar-refractivity contribution < 1.29 is 4.79 Å². The van der Waals surface area contributed by atoms with Crippen LogP contribution in [-0.2, 0) is 11.3 Å². The van der Waals surface area contributed by atoms with Crippen molar-refractivity contribution in [2.24, 2.45) is 0 Å². The van der Waals surface area contributed by atoms with E-state index in [-0.39, 0.29) is 0 Å². The average Bonchev–Trinajstić information content (AvgIpc) is 2.80. The van der Waals surface area contributed by atoms with Gasteiger partial charge in [-0.05, 0) is 30.7 Å². The van der Waals surface area contributed by atoms with Gasteiger partial charge in [0.15, 0.2) is 0 Å². The van der Waals surface area contributed by atoms with Crippen molar-refractivity contribution in [1.29, 1.82) is 0 Å². The van der Waals surface area contributed by atoms with Crippen LogP contribution < -0.4 is 5.32 Å². The third-order valence-corrected chi connectivity index (χ3v) is 3.33. The first-order valence-electron chi connectivity index (χ1n) is 5.82. The third-order valence-electron chi connectivity index (χ3n) is 2.38. The summed E-state index contributed by atoms with van der Waals surface area (Å²) in [6, 6.07) is 7.72. The Bertz CT molecular complexity index is 507. The molecule has 1 amide bonds. The minimum atomic E-state index is 0.678. The summed E-state index contributed by atoms with van der Waals surface area (Å²) < 4.78 is 1.95. The van der Waals surface area contributed by atoms with Gasteiger partial charge in [0.1, 0.15) is 0 Å². The summed E-state index contributed by atoms with van der Waals surface area (Å²) in [4.78, 5) is 12.5. The first-order chi connectivity index (χ1) is 8.81. The number of rotatable bonds is 6. The number of carbonyl (C=O) groups excluding carboxylic acids is 1. The summed E-state index contributed by atoms with van der Waals surface area (Å²) >= 11 is 1.66. The van der Waals surface area contributed by atoms with Gasteiger partial charge in [0, 0.05) is 23.3 Å². The van der Waals surface area contributed by atoms with Gasteiger partial charge in [0.25, 0.3) is 0 Å². The summed E-state index contributed by atoms with van der Waals surface area (Å²) in [6.07, 6.45) is 5.68. The van der Waals surface area contributed by atoms with Crippen molar-refractivity contribution in [3.05, 3.63) is 36.7 Å². The Balaban J connectivity index is 2.01. The Morgan fingerprint density at radius 1 is 1.33 bits per heavy atom. The first-order valence-corrected chi connectivity index (χ1v) is 6.64. The summed E-state index contributed by atoms with van der Waals surface area (Å²) in [7, 11) is 0. The molecule has 0 atom stereocenters. The lowest BCUT2D eigenvalue weighted by Crippen LogP contribution is -1.95. The van der Waals surface area contributed by atoms with Crippen molar-refractivity contribution in [3.63, 3.8) is 0 Å². The predicted octanol–water partition coefficient (Wildman–Crippen LogP) is 3.01. The standard InChI is InChI=1S/C13H15N3OS/c1-2-7-16-9-13(8-15-16)18-12-5-3-11(4-6-12)14-10-17/h3-6,8-10H,2,7H2,1H3,(H,14,17). The molecule has 94 valence electrons. The normalized spacial score (nSPS) is 10.3. The molecule has 0 aliphatic carbocycles. The Kier molecular flexibility index (Phi) is 4.41. The van der Waals surface area contributed by atoms with Crippen LogP contribution in [0.15, 0.2) is 46.5 Å². The van der Waals surface area contributed by atoms with Gasteiger partial charge in [-0.25, -0.2) is 0 Å². The lowest BCUT2D eigenvalue weighted by atomic mass is 10.3. The van der Waals surface area contributed by atoms with E-state index in [1.807, 2.05) is 41.3 Å². The molecule has 2 rings (SSSR count). The van der Waals surface area contributed by atoms with Gasteiger partial charge in [0.2, 0.25) is 6.41 Å². The predicted molar refractivity (Wildman–Crippen MR) is 72.8 cm³/mol. The van der Waals surface area contributed by atoms with Crippen LogP contribution in [0.2, 0.25) is 0 Å². The van der Waals surface area contributed by atoms with Crippen molar-refractivity contribution in [3.8, 4) is 0 Å². The highest BCUT2D eigenvalue weighted by atomic mass is 32.2. The van der Waals surface area contributed by atoms with Gasteiger partial charge in [-0.15, -0.1) is 0 Å². The first kappa shape index (κ1) is 12.7. The third kappa shape index (κ3) is 3.37. The van der Waals surface area contributed by atoms with E-state index >= 15 is 0 Å². The molecule has 0 radical (unpaired) electrons. The van der Waals surface area contributed by atoms with Crippen LogP contribution in [0.1, 0.15) is 13.3 Å². The molecule has 0 spiro atoms. The number of amides is 1. The summed E-state index contributed by atoms with van der Waals surface area (Å²) in [5.41, 5.74) is 0.802. The maximum absolute atomic E-state index is 10.3. The number of anilines is 1. The Morgan fingerprint density at radius 2 is 2.11 bits per heavy atom. The number of benzene rings is 1. The highest BCUT2D eigenvalue weighted by Gasteiger charge is 2.01. The Labute approximate surface area is 110 Å². The molecule has 0 fully saturated rings. The quantitative estimate of drug-likeness (QED) is 0.813. The number of hydrogen-bond donors (Lipinski definition) is 1. The van der Waals surface area contributed by atoms with Crippen LogP contribution in [0.4, 0.5) is 5.69 Å². The zero-order chi connectivity index (χ0) is 12.8. The Hall–Kier alpha value is -1.75. The number of aromatic nitrogens is 2. The minimum absolute atomic E-state index is 0.678. The van der Waals surface area contributed by atoms with Gasteiger partial charge >= 0.3 is 0 Å². The van der Waals surface area contributed by atoms with Crippen LogP contribution in [0.25, 0.3) is 0 Å². The van der Waals surface area contributed by atoms with Crippen LogP contribution in [-0.4, -0.2) is 16.2 Å². The second kappa shape index (κ2) is 6.26. The van der Waals surface area contributed by atoms with Crippen molar-refractivity contribution in [2.75, 3.05) is 5.32 Å². The number of carbonyl (C=O) groups is 1. The summed E-state index contributed by atoms with van der Waals surface area (Å²) in [5, 5.41) is 6.90. The maximum atomic E-state index is 10.3. The van der Waals surface area contributed by atoms with E-state index in [4.69, 9.17) is 0 Å². The number of nitrogens with zero attached hydrogens (tertiary/aromatic N) is 2. The van der Waals surface area contributed by atoms with Crippen molar-refractivity contribution in [2.45, 2.75) is 29.7 Å². The van der Waals surface area contributed by atoms with Crippen LogP contribution in [0.3, 0.4) is 0 Å². The highest BCUT2D eigenvalue weighted by molar-refractivity contribution is 7.99. The van der Waals surface area contributed by atoms with E-state index < -0.39 is 0 Å². The van der Waals surface area contributed by atoms with Crippen LogP contribution >= 0.6 is 11.8 Å². The van der Waals surface area contributed by atoms with Gasteiger partial charge in [-0.3, -0.25) is 9.48 Å². The summed E-state index contributed by atoms with van der Waals surface area (Å²) in [5.74, 6) is 0. The highest BCUT2D eigenvalue weighted by Crippen LogP contribution is 2.27. The van der Waals surface area contributed by atoms with Crippen LogP contribution in [0.5, 0.6) is 0 Å². The molecule has 1 N–H and O–H groups in total. The topological polar surface area (TPSA) is 46.9 Å². The molecule has 5 heteroatoms. The minimum Gasteiger partial charge on any atom is -0.329 e. The second-order valence-electron chi connectivity index (χ2n) is 3.83. The number of aryl methyl sites for hydroxylation is 1. The fraction of sp³-hybridized carbons (Fsp3) is 0.231. The number of nitrogens with one attached hydrogen (secondary N) is 1. The van der Waals surface area contributed by atoms with E-state index in [1.54, 1.807) is 11.8 Å². The van der Waals surface area contributed by atoms with Gasteiger partial charge < -0.3 is 5.32 Å². The lowest BCUT2D eigenvalue weighted by Gasteiger charge is -2.01. The van der Waals surface area contributed by atoms with E-state index in [2.05, 4.69) is 17.3 Å². The van der Waals surface area contributed by atoms with E-state index in [0.717, 1.165) is 28.4 Å². The smallest absolute Gasteiger partial charge is 0.211 e. The molecule has 1 aromatic heterocycles. The molecule has 18 heavy (non-hydrogen) atoms. The van der Waals surface area contributed by atoms with Crippen LogP contribution in [0, 0.1) is 0 Å². The van der Waals surface area contributed by atoms with E-state index in [9.17, 15) is 4.79 Å². The average molecular weight is 261 g/mol. The van der Waals surface area contributed by atoms with Gasteiger partial charge in [0.05, 0.1) is 11.1 Å². The van der Waals surface area contributed by atoms with E-state index in [0.29, 0.717) is 6.41 Å². The largest absolute Gasteiger partial charge is 0.329 e. The number of hydrogen-bond acceptors (Lipinski definition) is 3. The molecule has 0 unspecified atom stereocenters. The molecule has 2 aromatic rings. The molecule has 1 aromatic carbocycles. The molecule has 1 heterocycles. The van der Waals surface area contributed by atoms with E-state index in [1.165, 1.54) is 0 Å². The van der Waals surface area contributed by atoms with Crippen molar-refractivity contribution >= 4 is 23.9 Å². The molecule has 0 bridgehead atoms. The zero-order valence-electron chi connectivity index (χ0n) is 10.2. The molecule has 0 aliphatic heterocycles. The SMILES string of the molecule is CCCn1cc(Sc2ccc(NC=O)cc2)cn1. The zero-order valence-corrected chi connectivity index (χ0v) is 11.0. The molecule has 0 saturated carbocycles. The Morgan fingerprint density at radius 3 is 2.78 bits per heavy atom. The second-order valence-corrected chi connectivity index (χ2v) is 4.97. The fourth-order valence-electron chi connectivity index (χ4n) is 1.57. The van der Waals surface area contributed by atoms with Gasteiger partial charge in [-0.2, -0.15) is 5.10 Å². The monoisotopic (exact) mass is 261 g/mol. The lowest BCUT2D eigenvalue weighted by molar-refractivity contribution is -0.105. The molecule has 0 aliphatic rings.